The van der Waals surface area contributed by atoms with Gasteiger partial charge in [0, 0.05) is 0 Å². The molecule has 4 aliphatic heterocycles. The second-order valence-corrected chi connectivity index (χ2v) is 9.33. The summed E-state index contributed by atoms with van der Waals surface area (Å²) in [6, 6.07) is 0. The number of esters is 2. The van der Waals surface area contributed by atoms with Crippen molar-refractivity contribution in [2.24, 2.45) is 0 Å². The van der Waals surface area contributed by atoms with Crippen LogP contribution in [0.1, 0.15) is 110 Å². The van der Waals surface area contributed by atoms with Crippen LogP contribution < -0.4 is 0 Å². The minimum atomic E-state index is -1.10. The number of ether oxygens (including phenoxy) is 3. The van der Waals surface area contributed by atoms with Gasteiger partial charge in [-0.15, -0.1) is 0 Å². The van der Waals surface area contributed by atoms with Gasteiger partial charge in [0.05, 0.1) is 0 Å². The van der Waals surface area contributed by atoms with Crippen LogP contribution in [0.3, 0.4) is 0 Å². The largest absolute Gasteiger partial charge is 0.388 e. The molecule has 5 nitrogen and oxygen atoms in total. The lowest BCUT2D eigenvalue weighted by Gasteiger charge is -2.30. The van der Waals surface area contributed by atoms with Gasteiger partial charge < -0.3 is 14.2 Å². The Morgan fingerprint density at radius 3 is 2.00 bits per heavy atom. The van der Waals surface area contributed by atoms with Crippen LogP contribution in [0.5, 0.6) is 0 Å². The summed E-state index contributed by atoms with van der Waals surface area (Å²) < 4.78 is 16.9. The molecule has 158 valence electrons. The molecule has 28 heavy (non-hydrogen) atoms. The summed E-state index contributed by atoms with van der Waals surface area (Å²) in [5.74, 6) is -1.02. The van der Waals surface area contributed by atoms with Gasteiger partial charge in [-0.25, -0.2) is 9.59 Å². The van der Waals surface area contributed by atoms with Gasteiger partial charge in [-0.1, -0.05) is 90.4 Å². The van der Waals surface area contributed by atoms with Crippen molar-refractivity contribution >= 4 is 11.9 Å². The van der Waals surface area contributed by atoms with Gasteiger partial charge in [0.25, 0.3) is 0 Å². The second kappa shape index (κ2) is 8.06. The highest BCUT2D eigenvalue weighted by atomic mass is 16.8. The predicted octanol–water partition coefficient (Wildman–Crippen LogP) is 4.99. The Balaban J connectivity index is 1.08. The fraction of sp³-hybridized carbons (Fsp3) is 0.913. The van der Waals surface area contributed by atoms with Crippen LogP contribution in [0, 0.1) is 0 Å². The van der Waals surface area contributed by atoms with Crippen molar-refractivity contribution < 1.29 is 23.8 Å². The quantitative estimate of drug-likeness (QED) is 0.180. The summed E-state index contributed by atoms with van der Waals surface area (Å²) in [5.41, 5.74) is -2.80. The summed E-state index contributed by atoms with van der Waals surface area (Å²) in [6.45, 7) is 2.27. The Labute approximate surface area is 168 Å². The zero-order valence-electron chi connectivity index (χ0n) is 17.4. The Hall–Kier alpha value is -0.940. The van der Waals surface area contributed by atoms with Gasteiger partial charge in [-0.3, -0.25) is 0 Å². The van der Waals surface area contributed by atoms with Crippen molar-refractivity contribution in [1.82, 2.24) is 0 Å². The average molecular weight is 393 g/mol. The Morgan fingerprint density at radius 1 is 0.821 bits per heavy atom. The number of hydrogen-bond acceptors (Lipinski definition) is 5. The second-order valence-electron chi connectivity index (χ2n) is 9.33. The first-order valence-electron chi connectivity index (χ1n) is 11.8. The van der Waals surface area contributed by atoms with Crippen molar-refractivity contribution in [3.8, 4) is 0 Å². The van der Waals surface area contributed by atoms with E-state index in [1.54, 1.807) is 0 Å². The van der Waals surface area contributed by atoms with Gasteiger partial charge in [-0.2, -0.15) is 0 Å². The molecule has 4 rings (SSSR count). The van der Waals surface area contributed by atoms with E-state index in [1.165, 1.54) is 70.6 Å². The summed E-state index contributed by atoms with van der Waals surface area (Å²) in [6.07, 6.45) is 19.2. The third-order valence-electron chi connectivity index (χ3n) is 7.53. The van der Waals surface area contributed by atoms with Crippen LogP contribution in [-0.2, 0) is 23.8 Å². The molecule has 4 fully saturated rings. The van der Waals surface area contributed by atoms with E-state index in [0.717, 1.165) is 32.1 Å². The van der Waals surface area contributed by atoms with E-state index >= 15 is 0 Å². The molecule has 0 aromatic heterocycles. The SMILES string of the molecule is CCCCCCCCCCCCCCCC12CCC(O1)C13OC21C(=O)OC3=O. The first kappa shape index (κ1) is 20.3. The molecule has 4 saturated heterocycles. The lowest BCUT2D eigenvalue weighted by molar-refractivity contribution is -0.183. The highest BCUT2D eigenvalue weighted by Gasteiger charge is 3.00. The lowest BCUT2D eigenvalue weighted by atomic mass is 9.71. The number of rotatable bonds is 14. The Bertz CT molecular complexity index is 604. The number of carbonyl (C=O) groups excluding carboxylic acids is 2. The Kier molecular flexibility index (Phi) is 5.85. The van der Waals surface area contributed by atoms with Crippen LogP contribution >= 0.6 is 0 Å². The van der Waals surface area contributed by atoms with Crippen LogP contribution in [0.25, 0.3) is 0 Å². The topological polar surface area (TPSA) is 65.1 Å². The van der Waals surface area contributed by atoms with Crippen molar-refractivity contribution in [1.29, 1.82) is 0 Å². The molecule has 4 atom stereocenters. The molecule has 0 N–H and O–H groups in total. The number of carbonyl (C=O) groups is 2. The van der Waals surface area contributed by atoms with E-state index in [9.17, 15) is 9.59 Å². The third kappa shape index (κ3) is 2.96. The molecule has 0 spiro atoms. The normalized spacial score (nSPS) is 37.2. The molecule has 2 bridgehead atoms. The molecule has 0 aromatic carbocycles. The molecule has 0 aliphatic carbocycles. The highest BCUT2D eigenvalue weighted by Crippen LogP contribution is 2.74. The number of hydrogen-bond donors (Lipinski definition) is 0. The number of cyclic esters (lactones) is 2. The van der Waals surface area contributed by atoms with Crippen molar-refractivity contribution in [2.75, 3.05) is 0 Å². The Morgan fingerprint density at radius 2 is 1.39 bits per heavy atom. The fourth-order valence-electron chi connectivity index (χ4n) is 5.96. The lowest BCUT2D eigenvalue weighted by Crippen LogP contribution is -2.49. The molecule has 4 unspecified atom stereocenters. The molecule has 0 aromatic rings. The minimum Gasteiger partial charge on any atom is -0.388 e. The van der Waals surface area contributed by atoms with E-state index in [0.29, 0.717) is 0 Å². The number of unbranched alkanes of at least 4 members (excludes halogenated alkanes) is 12. The first-order valence-corrected chi connectivity index (χ1v) is 11.8. The van der Waals surface area contributed by atoms with Crippen LogP contribution in [0.4, 0.5) is 0 Å². The predicted molar refractivity (Wildman–Crippen MR) is 105 cm³/mol. The summed E-state index contributed by atoms with van der Waals surface area (Å²) in [4.78, 5) is 24.4. The minimum absolute atomic E-state index is 0.284. The molecule has 0 radical (unpaired) electrons. The molecular weight excluding hydrogens is 356 g/mol. The van der Waals surface area contributed by atoms with Crippen molar-refractivity contribution in [3.05, 3.63) is 0 Å². The monoisotopic (exact) mass is 392 g/mol. The smallest absolute Gasteiger partial charge is 0.353 e. The average Bonchev–Trinajstić information content (AvgIpc) is 3.10. The summed E-state index contributed by atoms with van der Waals surface area (Å²) >= 11 is 0. The van der Waals surface area contributed by atoms with Gasteiger partial charge in [0.1, 0.15) is 11.7 Å². The van der Waals surface area contributed by atoms with Gasteiger partial charge in [-0.05, 0) is 19.3 Å². The van der Waals surface area contributed by atoms with Crippen LogP contribution in [-0.4, -0.2) is 34.8 Å². The molecule has 4 heterocycles. The summed E-state index contributed by atoms with van der Waals surface area (Å²) in [5, 5.41) is 0. The van der Waals surface area contributed by atoms with Crippen molar-refractivity contribution in [3.63, 3.8) is 0 Å². The van der Waals surface area contributed by atoms with E-state index in [1.807, 2.05) is 0 Å². The van der Waals surface area contributed by atoms with Crippen LogP contribution in [0.15, 0.2) is 0 Å². The maximum atomic E-state index is 12.3. The van der Waals surface area contributed by atoms with Crippen molar-refractivity contribution in [2.45, 2.75) is 133 Å². The molecule has 0 saturated carbocycles. The van der Waals surface area contributed by atoms with Gasteiger partial charge in [0.15, 0.2) is 0 Å². The van der Waals surface area contributed by atoms with Crippen LogP contribution in [0.2, 0.25) is 0 Å². The van der Waals surface area contributed by atoms with Gasteiger partial charge in [0.2, 0.25) is 11.2 Å². The molecule has 5 heteroatoms. The third-order valence-corrected chi connectivity index (χ3v) is 7.53. The molecular formula is C23H36O5. The van der Waals surface area contributed by atoms with Gasteiger partial charge >= 0.3 is 11.9 Å². The maximum absolute atomic E-state index is 12.3. The summed E-state index contributed by atoms with van der Waals surface area (Å²) in [7, 11) is 0. The van der Waals surface area contributed by atoms with E-state index in [-0.39, 0.29) is 6.10 Å². The fourth-order valence-corrected chi connectivity index (χ4v) is 5.96. The molecule has 0 amide bonds. The number of fused-ring (bicyclic) bond motifs is 2. The number of epoxide rings is 1. The molecule has 4 aliphatic rings. The first-order chi connectivity index (χ1) is 13.6. The van der Waals surface area contributed by atoms with E-state index < -0.39 is 28.7 Å². The standard InChI is InChI=1S/C23H36O5/c1-2-3-4-5-6-7-8-9-10-11-12-13-14-16-21-17-15-18(27-21)22-19(24)26-20(25)23(21,22)28-22/h18H,2-17H2,1H3. The zero-order valence-corrected chi connectivity index (χ0v) is 17.4. The highest BCUT2D eigenvalue weighted by molar-refractivity contribution is 6.12. The van der Waals surface area contributed by atoms with E-state index in [4.69, 9.17) is 14.2 Å². The zero-order chi connectivity index (χ0) is 19.7. The maximum Gasteiger partial charge on any atom is 0.353 e. The van der Waals surface area contributed by atoms with E-state index in [2.05, 4.69) is 6.92 Å².